The van der Waals surface area contributed by atoms with Crippen LogP contribution in [0.2, 0.25) is 0 Å². The van der Waals surface area contributed by atoms with E-state index >= 15 is 0 Å². The molecule has 0 aliphatic carbocycles. The van der Waals surface area contributed by atoms with E-state index in [1.807, 2.05) is 30.3 Å². The summed E-state index contributed by atoms with van der Waals surface area (Å²) in [5, 5.41) is 2.84. The Labute approximate surface area is 167 Å². The van der Waals surface area contributed by atoms with Crippen molar-refractivity contribution in [3.63, 3.8) is 0 Å². The van der Waals surface area contributed by atoms with Crippen molar-refractivity contribution >= 4 is 23.0 Å². The summed E-state index contributed by atoms with van der Waals surface area (Å²) in [5.41, 5.74) is 1.41. The summed E-state index contributed by atoms with van der Waals surface area (Å²) in [7, 11) is 0. The quantitative estimate of drug-likeness (QED) is 0.669. The van der Waals surface area contributed by atoms with Crippen LogP contribution in [0.4, 0.5) is 0 Å². The molecule has 4 rings (SSSR count). The summed E-state index contributed by atoms with van der Waals surface area (Å²) in [6.45, 7) is 2.83. The zero-order valence-electron chi connectivity index (χ0n) is 16.1. The summed E-state index contributed by atoms with van der Waals surface area (Å²) < 4.78 is 3.16. The Bertz CT molecular complexity index is 1100. The van der Waals surface area contributed by atoms with Gasteiger partial charge in [-0.15, -0.1) is 0 Å². The molecule has 1 saturated heterocycles. The fraction of sp³-hybridized carbons (Fsp3) is 0.350. The first-order valence-electron chi connectivity index (χ1n) is 9.56. The maximum atomic E-state index is 12.8. The van der Waals surface area contributed by atoms with Gasteiger partial charge in [-0.3, -0.25) is 23.5 Å². The lowest BCUT2D eigenvalue weighted by Gasteiger charge is -2.19. The molecule has 0 spiro atoms. The largest absolute Gasteiger partial charge is 0.334 e. The average Bonchev–Trinajstić information content (AvgIpc) is 3.31. The Kier molecular flexibility index (Phi) is 5.11. The molecule has 3 aromatic rings. The minimum absolute atomic E-state index is 0.00140. The van der Waals surface area contributed by atoms with Crippen molar-refractivity contribution in [2.24, 2.45) is 0 Å². The molecule has 150 valence electrons. The number of hydrogen-bond acceptors (Lipinski definition) is 5. The van der Waals surface area contributed by atoms with Gasteiger partial charge in [-0.2, -0.15) is 0 Å². The van der Waals surface area contributed by atoms with Crippen LogP contribution >= 0.6 is 0 Å². The predicted molar refractivity (Wildman–Crippen MR) is 106 cm³/mol. The van der Waals surface area contributed by atoms with E-state index in [0.29, 0.717) is 25.2 Å². The number of hydrogen-bond donors (Lipinski definition) is 1. The van der Waals surface area contributed by atoms with Gasteiger partial charge in [0.25, 0.3) is 5.56 Å². The minimum Gasteiger partial charge on any atom is -0.334 e. The molecule has 29 heavy (non-hydrogen) atoms. The molecule has 9 heteroatoms. The smallest absolute Gasteiger partial charge is 0.281 e. The third-order valence-electron chi connectivity index (χ3n) is 5.04. The zero-order valence-corrected chi connectivity index (χ0v) is 16.1. The molecule has 0 saturated carbocycles. The van der Waals surface area contributed by atoms with Gasteiger partial charge in [0.1, 0.15) is 12.5 Å². The van der Waals surface area contributed by atoms with Crippen molar-refractivity contribution in [1.29, 1.82) is 0 Å². The van der Waals surface area contributed by atoms with Crippen LogP contribution in [0.3, 0.4) is 0 Å². The normalized spacial score (nSPS) is 15.1. The van der Waals surface area contributed by atoms with Crippen LogP contribution in [0.25, 0.3) is 11.2 Å². The number of likely N-dealkylation sites (tertiary alicyclic amines) is 1. The first-order chi connectivity index (χ1) is 14.0. The van der Waals surface area contributed by atoms with Crippen LogP contribution in [0.15, 0.2) is 47.8 Å². The summed E-state index contributed by atoms with van der Waals surface area (Å²) in [5.74, 6) is -0.256. The molecular weight excluding hydrogens is 372 g/mol. The number of nitrogens with zero attached hydrogens (tertiary/aromatic N) is 5. The van der Waals surface area contributed by atoms with Crippen LogP contribution in [0.5, 0.6) is 0 Å². The molecule has 0 radical (unpaired) electrons. The Morgan fingerprint density at radius 2 is 1.97 bits per heavy atom. The highest BCUT2D eigenvalue weighted by atomic mass is 16.2. The van der Waals surface area contributed by atoms with Crippen LogP contribution in [-0.2, 0) is 16.1 Å². The summed E-state index contributed by atoms with van der Waals surface area (Å²) in [6.07, 6.45) is 3.81. The topological polar surface area (TPSA) is 102 Å². The first kappa shape index (κ1) is 18.9. The Hall–Kier alpha value is -3.49. The summed E-state index contributed by atoms with van der Waals surface area (Å²) >= 11 is 0. The standard InChI is InChI=1S/C20H22N6O3/c1-14(23-16(27)11-24-9-5-8-17(24)28)26-13-21-18-19(26)22-12-25(20(18)29)10-15-6-3-2-4-7-15/h2-4,6-7,12-14H,5,8-11H2,1H3,(H,23,27). The molecule has 1 aromatic carbocycles. The monoisotopic (exact) mass is 394 g/mol. The molecule has 3 heterocycles. The highest BCUT2D eigenvalue weighted by Gasteiger charge is 2.23. The number of benzene rings is 1. The van der Waals surface area contributed by atoms with Crippen molar-refractivity contribution in [2.45, 2.75) is 32.5 Å². The fourth-order valence-electron chi connectivity index (χ4n) is 3.52. The van der Waals surface area contributed by atoms with Gasteiger partial charge in [-0.05, 0) is 18.9 Å². The zero-order chi connectivity index (χ0) is 20.4. The van der Waals surface area contributed by atoms with E-state index in [0.717, 1.165) is 12.0 Å². The second-order valence-corrected chi connectivity index (χ2v) is 7.15. The third kappa shape index (κ3) is 3.89. The van der Waals surface area contributed by atoms with Crippen molar-refractivity contribution in [2.75, 3.05) is 13.1 Å². The van der Waals surface area contributed by atoms with E-state index in [-0.39, 0.29) is 29.4 Å². The molecule has 9 nitrogen and oxygen atoms in total. The van der Waals surface area contributed by atoms with Crippen molar-refractivity contribution < 1.29 is 9.59 Å². The van der Waals surface area contributed by atoms with E-state index < -0.39 is 6.17 Å². The lowest BCUT2D eigenvalue weighted by atomic mass is 10.2. The Morgan fingerprint density at radius 1 is 1.17 bits per heavy atom. The van der Waals surface area contributed by atoms with Crippen LogP contribution in [-0.4, -0.2) is 48.9 Å². The van der Waals surface area contributed by atoms with Gasteiger partial charge in [0, 0.05) is 13.0 Å². The second-order valence-electron chi connectivity index (χ2n) is 7.15. The van der Waals surface area contributed by atoms with Gasteiger partial charge in [0.15, 0.2) is 11.2 Å². The van der Waals surface area contributed by atoms with Crippen LogP contribution in [0.1, 0.15) is 31.5 Å². The number of imidazole rings is 1. The van der Waals surface area contributed by atoms with E-state index in [2.05, 4.69) is 15.3 Å². The van der Waals surface area contributed by atoms with Gasteiger partial charge in [-0.1, -0.05) is 30.3 Å². The number of rotatable bonds is 6. The lowest BCUT2D eigenvalue weighted by molar-refractivity contribution is -0.133. The summed E-state index contributed by atoms with van der Waals surface area (Å²) in [4.78, 5) is 46.9. The highest BCUT2D eigenvalue weighted by Crippen LogP contribution is 2.13. The molecule has 1 unspecified atom stereocenters. The molecular formula is C20H22N6O3. The van der Waals surface area contributed by atoms with Gasteiger partial charge in [0.2, 0.25) is 11.8 Å². The fourth-order valence-corrected chi connectivity index (χ4v) is 3.52. The van der Waals surface area contributed by atoms with Crippen LogP contribution < -0.4 is 10.9 Å². The molecule has 1 atom stereocenters. The van der Waals surface area contributed by atoms with E-state index in [9.17, 15) is 14.4 Å². The molecule has 1 fully saturated rings. The van der Waals surface area contributed by atoms with E-state index in [1.165, 1.54) is 17.2 Å². The highest BCUT2D eigenvalue weighted by molar-refractivity contribution is 5.86. The SMILES string of the molecule is CC(NC(=O)CN1CCCC1=O)n1cnc2c(=O)n(Cc3ccccc3)cnc21. The molecule has 2 aromatic heterocycles. The van der Waals surface area contributed by atoms with Gasteiger partial charge < -0.3 is 10.2 Å². The molecule has 1 aliphatic heterocycles. The predicted octanol–water partition coefficient (Wildman–Crippen LogP) is 0.898. The van der Waals surface area contributed by atoms with Gasteiger partial charge in [0.05, 0.1) is 19.4 Å². The van der Waals surface area contributed by atoms with E-state index in [1.54, 1.807) is 16.4 Å². The number of aromatic nitrogens is 4. The molecule has 1 N–H and O–H groups in total. The maximum Gasteiger partial charge on any atom is 0.281 e. The minimum atomic E-state index is -0.456. The molecule has 0 bridgehead atoms. The number of amides is 2. The van der Waals surface area contributed by atoms with Gasteiger partial charge >= 0.3 is 0 Å². The number of fused-ring (bicyclic) bond motifs is 1. The maximum absolute atomic E-state index is 12.8. The second kappa shape index (κ2) is 7.86. The number of carbonyl (C=O) groups excluding carboxylic acids is 2. The van der Waals surface area contributed by atoms with Crippen LogP contribution in [0, 0.1) is 0 Å². The molecule has 1 aliphatic rings. The average molecular weight is 394 g/mol. The lowest BCUT2D eigenvalue weighted by Crippen LogP contribution is -2.40. The first-order valence-corrected chi connectivity index (χ1v) is 9.56. The van der Waals surface area contributed by atoms with Crippen molar-refractivity contribution in [3.8, 4) is 0 Å². The Morgan fingerprint density at radius 3 is 2.69 bits per heavy atom. The molecule has 2 amide bonds. The summed E-state index contributed by atoms with van der Waals surface area (Å²) in [6, 6.07) is 9.64. The number of nitrogens with one attached hydrogen (secondary N) is 1. The van der Waals surface area contributed by atoms with Crippen molar-refractivity contribution in [1.82, 2.24) is 29.3 Å². The van der Waals surface area contributed by atoms with E-state index in [4.69, 9.17) is 0 Å². The number of carbonyl (C=O) groups is 2. The third-order valence-corrected chi connectivity index (χ3v) is 5.04. The Balaban J connectivity index is 1.51. The van der Waals surface area contributed by atoms with Gasteiger partial charge in [-0.25, -0.2) is 9.97 Å². The van der Waals surface area contributed by atoms with Crippen molar-refractivity contribution in [3.05, 3.63) is 58.9 Å².